The Balaban J connectivity index is 0. The Hall–Kier alpha value is -0.127. The minimum Gasteiger partial charge on any atom is -0.147 e. The molecule has 0 bridgehead atoms. The van der Waals surface area contributed by atoms with Gasteiger partial charge in [0.05, 0.1) is 0 Å². The Morgan fingerprint density at radius 2 is 1.17 bits per heavy atom. The number of hydrogen-bond donors (Lipinski definition) is 0. The van der Waals surface area contributed by atoms with Gasteiger partial charge in [0, 0.05) is 0 Å². The van der Waals surface area contributed by atoms with Crippen molar-refractivity contribution in [1.82, 2.24) is 0 Å². The Labute approximate surface area is 127 Å². The van der Waals surface area contributed by atoms with Crippen LogP contribution < -0.4 is 0 Å². The SMILES string of the molecule is CCCCC=CC=[CH][Rh][CH]=CC=CCCCC.Cl. The van der Waals surface area contributed by atoms with Crippen LogP contribution in [-0.4, -0.2) is 0 Å². The first-order valence-corrected chi connectivity index (χ1v) is 8.51. The van der Waals surface area contributed by atoms with Gasteiger partial charge in [-0.15, -0.1) is 12.4 Å². The van der Waals surface area contributed by atoms with Crippen molar-refractivity contribution in [2.75, 3.05) is 0 Å². The van der Waals surface area contributed by atoms with Crippen molar-refractivity contribution in [1.29, 1.82) is 0 Å². The summed E-state index contributed by atoms with van der Waals surface area (Å²) >= 11 is 0.442. The fourth-order valence-electron chi connectivity index (χ4n) is 1.18. The first kappa shape index (κ1) is 20.2. The van der Waals surface area contributed by atoms with E-state index in [1.807, 2.05) is 0 Å². The monoisotopic (exact) mass is 357 g/mol. The second-order valence-corrected chi connectivity index (χ2v) is 5.50. The number of unbranched alkanes of at least 4 members (excludes halogenated alkanes) is 4. The van der Waals surface area contributed by atoms with Crippen molar-refractivity contribution in [3.05, 3.63) is 45.8 Å². The Kier molecular flexibility index (Phi) is 21.6. The number of hydrogen-bond acceptors (Lipinski definition) is 0. The molecule has 0 atom stereocenters. The van der Waals surface area contributed by atoms with Crippen LogP contribution in [0.5, 0.6) is 0 Å². The van der Waals surface area contributed by atoms with Gasteiger partial charge in [-0.05, 0) is 0 Å². The first-order valence-electron chi connectivity index (χ1n) is 6.62. The molecule has 0 rings (SSSR count). The molecule has 0 aromatic rings. The van der Waals surface area contributed by atoms with Crippen LogP contribution in [0.25, 0.3) is 0 Å². The molecule has 0 aromatic carbocycles. The average Bonchev–Trinajstić information content (AvgIpc) is 2.35. The van der Waals surface area contributed by atoms with E-state index in [1.165, 1.54) is 38.5 Å². The van der Waals surface area contributed by atoms with Crippen molar-refractivity contribution < 1.29 is 17.1 Å². The summed E-state index contributed by atoms with van der Waals surface area (Å²) in [6, 6.07) is 0. The van der Waals surface area contributed by atoms with E-state index >= 15 is 0 Å². The zero-order valence-corrected chi connectivity index (χ0v) is 14.1. The van der Waals surface area contributed by atoms with E-state index in [4.69, 9.17) is 0 Å². The predicted molar refractivity (Wildman–Crippen MR) is 82.9 cm³/mol. The fraction of sp³-hybridized carbons (Fsp3) is 0.500. The molecule has 0 radical (unpaired) electrons. The molecule has 0 aliphatic heterocycles. The largest absolute Gasteiger partial charge is 0.147 e. The molecule has 0 N–H and O–H groups in total. The normalized spacial score (nSPS) is 12.3. The zero-order chi connectivity index (χ0) is 12.6. The summed E-state index contributed by atoms with van der Waals surface area (Å²) in [5.41, 5.74) is 0. The van der Waals surface area contributed by atoms with Crippen molar-refractivity contribution in [3.63, 3.8) is 0 Å². The van der Waals surface area contributed by atoms with Crippen molar-refractivity contribution in [2.45, 2.75) is 52.4 Å². The van der Waals surface area contributed by atoms with Gasteiger partial charge in [-0.2, -0.15) is 0 Å². The number of allylic oxidation sites excluding steroid dienone is 6. The summed E-state index contributed by atoms with van der Waals surface area (Å²) < 4.78 is 4.53. The third kappa shape index (κ3) is 18.2. The quantitative estimate of drug-likeness (QED) is 0.255. The van der Waals surface area contributed by atoms with Crippen LogP contribution in [0, 0.1) is 0 Å². The summed E-state index contributed by atoms with van der Waals surface area (Å²) in [6.07, 6.45) is 20.8. The maximum Gasteiger partial charge on any atom is -0.147 e. The minimum absolute atomic E-state index is 0. The van der Waals surface area contributed by atoms with Crippen LogP contribution in [0.1, 0.15) is 52.4 Å². The van der Waals surface area contributed by atoms with Crippen LogP contribution in [0.4, 0.5) is 0 Å². The molecule has 107 valence electrons. The molecule has 0 saturated heterocycles. The smallest absolute Gasteiger partial charge is 0.147 e. The zero-order valence-electron chi connectivity index (χ0n) is 11.6. The van der Waals surface area contributed by atoms with E-state index < -0.39 is 0 Å². The van der Waals surface area contributed by atoms with E-state index in [2.05, 4.69) is 59.6 Å². The van der Waals surface area contributed by atoms with Gasteiger partial charge in [0.25, 0.3) is 0 Å². The molecule has 18 heavy (non-hydrogen) atoms. The second kappa shape index (κ2) is 19.2. The Morgan fingerprint density at radius 1 is 0.722 bits per heavy atom. The van der Waals surface area contributed by atoms with Crippen LogP contribution in [0.15, 0.2) is 45.8 Å². The third-order valence-electron chi connectivity index (χ3n) is 2.20. The van der Waals surface area contributed by atoms with Crippen LogP contribution in [-0.2, 0) is 17.1 Å². The summed E-state index contributed by atoms with van der Waals surface area (Å²) in [6.45, 7) is 4.46. The van der Waals surface area contributed by atoms with Gasteiger partial charge in [0.2, 0.25) is 0 Å². The van der Waals surface area contributed by atoms with E-state index in [0.29, 0.717) is 17.1 Å². The standard InChI is InChI=1S/2C8H13.ClH.Rh/c2*1-3-5-7-8-6-4-2;;/h2*1,3,5,7H,4,6,8H2,2H3;1H;. The van der Waals surface area contributed by atoms with Gasteiger partial charge < -0.3 is 0 Å². The van der Waals surface area contributed by atoms with Crippen LogP contribution >= 0.6 is 12.4 Å². The molecule has 0 aliphatic carbocycles. The van der Waals surface area contributed by atoms with Gasteiger partial charge in [-0.3, -0.25) is 0 Å². The molecule has 0 saturated carbocycles. The number of halogens is 1. The molecule has 0 fully saturated rings. The molecule has 2 heteroatoms. The average molecular weight is 358 g/mol. The van der Waals surface area contributed by atoms with Gasteiger partial charge in [-0.1, -0.05) is 0 Å². The van der Waals surface area contributed by atoms with E-state index in [1.54, 1.807) is 0 Å². The van der Waals surface area contributed by atoms with Crippen molar-refractivity contribution >= 4 is 12.4 Å². The minimum atomic E-state index is 0. The fourth-order valence-corrected chi connectivity index (χ4v) is 2.09. The molecule has 0 nitrogen and oxygen atoms in total. The summed E-state index contributed by atoms with van der Waals surface area (Å²) in [5, 5.41) is 0. The topological polar surface area (TPSA) is 0 Å². The number of rotatable bonds is 10. The van der Waals surface area contributed by atoms with Gasteiger partial charge in [0.1, 0.15) is 0 Å². The molecule has 0 amide bonds. The predicted octanol–water partition coefficient (Wildman–Crippen LogP) is 6.01. The first-order chi connectivity index (χ1) is 8.41. The van der Waals surface area contributed by atoms with Crippen molar-refractivity contribution in [2.24, 2.45) is 0 Å². The molecule has 0 spiro atoms. The molecule has 0 unspecified atom stereocenters. The van der Waals surface area contributed by atoms with Crippen LogP contribution in [0.3, 0.4) is 0 Å². The van der Waals surface area contributed by atoms with E-state index in [0.717, 1.165) is 0 Å². The summed E-state index contributed by atoms with van der Waals surface area (Å²) in [7, 11) is 0. The molecule has 0 heterocycles. The molecular formula is C16H27ClRh. The molecular weight excluding hydrogens is 331 g/mol. The molecule has 0 aromatic heterocycles. The third-order valence-corrected chi connectivity index (χ3v) is 3.46. The summed E-state index contributed by atoms with van der Waals surface area (Å²) in [4.78, 5) is 0. The van der Waals surface area contributed by atoms with E-state index in [-0.39, 0.29) is 12.4 Å². The van der Waals surface area contributed by atoms with Crippen molar-refractivity contribution in [3.8, 4) is 0 Å². The van der Waals surface area contributed by atoms with Gasteiger partial charge in [-0.25, -0.2) is 0 Å². The van der Waals surface area contributed by atoms with Gasteiger partial charge >= 0.3 is 115 Å². The second-order valence-electron chi connectivity index (χ2n) is 3.86. The molecule has 0 aliphatic rings. The maximum absolute atomic E-state index is 2.26. The summed E-state index contributed by atoms with van der Waals surface area (Å²) in [5.74, 6) is 0. The van der Waals surface area contributed by atoms with E-state index in [9.17, 15) is 0 Å². The van der Waals surface area contributed by atoms with Gasteiger partial charge in [0.15, 0.2) is 0 Å². The Morgan fingerprint density at radius 3 is 1.56 bits per heavy atom. The van der Waals surface area contributed by atoms with Crippen LogP contribution in [0.2, 0.25) is 0 Å². The Bertz CT molecular complexity index is 226. The maximum atomic E-state index is 2.26.